The Hall–Kier alpha value is -1.16. The molecule has 2 nitrogen and oxygen atoms in total. The van der Waals surface area contributed by atoms with Crippen LogP contribution in [0.1, 0.15) is 45.4 Å². The van der Waals surface area contributed by atoms with Crippen LogP contribution in [0.2, 0.25) is 0 Å². The molecule has 2 fully saturated rings. The minimum Gasteiger partial charge on any atom is -0.379 e. The summed E-state index contributed by atoms with van der Waals surface area (Å²) in [6.45, 7) is 2.75. The Morgan fingerprint density at radius 2 is 2.00 bits per heavy atom. The van der Waals surface area contributed by atoms with Gasteiger partial charge in [0.2, 0.25) is 0 Å². The second-order valence-corrected chi connectivity index (χ2v) is 6.29. The average molecular weight is 295 g/mol. The average Bonchev–Trinajstić information content (AvgIpc) is 2.49. The third-order valence-electron chi connectivity index (χ3n) is 5.20. The molecular formula is C17H23F2NO. The number of hydrogen-bond acceptors (Lipinski definition) is 2. The maximum Gasteiger partial charge on any atom is 0.149 e. The zero-order valence-corrected chi connectivity index (χ0v) is 12.5. The van der Waals surface area contributed by atoms with E-state index in [4.69, 9.17) is 4.74 Å². The summed E-state index contributed by atoms with van der Waals surface area (Å²) in [6.07, 6.45) is 7.17. The highest BCUT2D eigenvalue weighted by atomic mass is 19.1. The maximum atomic E-state index is 13.8. The van der Waals surface area contributed by atoms with Crippen LogP contribution in [0.25, 0.3) is 0 Å². The normalized spacial score (nSPS) is 27.4. The van der Waals surface area contributed by atoms with Crippen LogP contribution < -0.4 is 5.32 Å². The van der Waals surface area contributed by atoms with Crippen LogP contribution in [0.4, 0.5) is 14.5 Å². The van der Waals surface area contributed by atoms with Gasteiger partial charge in [-0.05, 0) is 38.3 Å². The molecule has 3 rings (SSSR count). The molecule has 0 heterocycles. The zero-order chi connectivity index (χ0) is 14.9. The molecule has 2 saturated carbocycles. The highest BCUT2D eigenvalue weighted by Crippen LogP contribution is 2.54. The number of halogens is 2. The second-order valence-electron chi connectivity index (χ2n) is 6.29. The van der Waals surface area contributed by atoms with E-state index in [2.05, 4.69) is 5.32 Å². The Labute approximate surface area is 124 Å². The fraction of sp³-hybridized carbons (Fsp3) is 0.647. The molecule has 0 radical (unpaired) electrons. The molecule has 0 amide bonds. The zero-order valence-electron chi connectivity index (χ0n) is 12.5. The summed E-state index contributed by atoms with van der Waals surface area (Å²) >= 11 is 0. The molecule has 1 N–H and O–H groups in total. The number of anilines is 1. The van der Waals surface area contributed by atoms with Crippen molar-refractivity contribution in [2.75, 3.05) is 11.9 Å². The van der Waals surface area contributed by atoms with E-state index in [1.54, 1.807) is 0 Å². The van der Waals surface area contributed by atoms with Crippen LogP contribution in [0.15, 0.2) is 18.2 Å². The smallest absolute Gasteiger partial charge is 0.149 e. The molecule has 0 aromatic heterocycles. The van der Waals surface area contributed by atoms with Gasteiger partial charge in [-0.1, -0.05) is 19.3 Å². The SMILES string of the molecule is CCOC1CC(Nc2ccc(F)cc2F)C12CCCCC2. The topological polar surface area (TPSA) is 21.3 Å². The molecule has 0 bridgehead atoms. The van der Waals surface area contributed by atoms with Crippen molar-refractivity contribution in [1.82, 2.24) is 0 Å². The molecule has 2 unspecified atom stereocenters. The van der Waals surface area contributed by atoms with Gasteiger partial charge in [0.1, 0.15) is 11.6 Å². The summed E-state index contributed by atoms with van der Waals surface area (Å²) in [6, 6.07) is 3.97. The van der Waals surface area contributed by atoms with Crippen LogP contribution in [0, 0.1) is 17.0 Å². The Balaban J connectivity index is 1.75. The predicted octanol–water partition coefficient (Wildman–Crippen LogP) is 4.50. The van der Waals surface area contributed by atoms with Gasteiger partial charge < -0.3 is 10.1 Å². The highest BCUT2D eigenvalue weighted by Gasteiger charge is 2.55. The Morgan fingerprint density at radius 1 is 1.24 bits per heavy atom. The lowest BCUT2D eigenvalue weighted by molar-refractivity contribution is -0.134. The first-order chi connectivity index (χ1) is 10.2. The van der Waals surface area contributed by atoms with Crippen molar-refractivity contribution in [3.8, 4) is 0 Å². The first-order valence-corrected chi connectivity index (χ1v) is 7.99. The van der Waals surface area contributed by atoms with E-state index in [1.165, 1.54) is 31.4 Å². The minimum atomic E-state index is -0.536. The van der Waals surface area contributed by atoms with Gasteiger partial charge in [-0.3, -0.25) is 0 Å². The van der Waals surface area contributed by atoms with E-state index in [9.17, 15) is 8.78 Å². The Kier molecular flexibility index (Phi) is 4.16. The standard InChI is InChI=1S/C17H23F2NO/c1-2-21-16-11-15(17(16)8-4-3-5-9-17)20-14-7-6-12(18)10-13(14)19/h6-7,10,15-16,20H,2-5,8-9,11H2,1H3. The van der Waals surface area contributed by atoms with Gasteiger partial charge in [0.25, 0.3) is 0 Å². The maximum absolute atomic E-state index is 13.8. The lowest BCUT2D eigenvalue weighted by Gasteiger charge is -2.58. The minimum absolute atomic E-state index is 0.134. The van der Waals surface area contributed by atoms with E-state index < -0.39 is 11.6 Å². The van der Waals surface area contributed by atoms with Crippen LogP contribution in [-0.2, 0) is 4.74 Å². The summed E-state index contributed by atoms with van der Waals surface area (Å²) in [4.78, 5) is 0. The molecule has 1 aromatic carbocycles. The molecule has 1 spiro atoms. The first-order valence-electron chi connectivity index (χ1n) is 7.99. The van der Waals surface area contributed by atoms with Crippen molar-refractivity contribution < 1.29 is 13.5 Å². The molecule has 0 saturated heterocycles. The van der Waals surface area contributed by atoms with Crippen LogP contribution in [0.3, 0.4) is 0 Å². The lowest BCUT2D eigenvalue weighted by Crippen LogP contribution is -2.62. The van der Waals surface area contributed by atoms with E-state index in [0.717, 1.165) is 31.9 Å². The van der Waals surface area contributed by atoms with Crippen molar-refractivity contribution in [1.29, 1.82) is 0 Å². The molecule has 2 aliphatic carbocycles. The number of rotatable bonds is 4. The molecule has 21 heavy (non-hydrogen) atoms. The lowest BCUT2D eigenvalue weighted by atomic mass is 9.55. The molecular weight excluding hydrogens is 272 g/mol. The van der Waals surface area contributed by atoms with E-state index in [0.29, 0.717) is 5.69 Å². The van der Waals surface area contributed by atoms with Crippen LogP contribution in [-0.4, -0.2) is 18.8 Å². The molecule has 116 valence electrons. The van der Waals surface area contributed by atoms with Gasteiger partial charge in [-0.2, -0.15) is 0 Å². The van der Waals surface area contributed by atoms with Crippen LogP contribution >= 0.6 is 0 Å². The van der Waals surface area contributed by atoms with Crippen molar-refractivity contribution >= 4 is 5.69 Å². The summed E-state index contributed by atoms with van der Waals surface area (Å²) in [7, 11) is 0. The Morgan fingerprint density at radius 3 is 2.67 bits per heavy atom. The first kappa shape index (κ1) is 14.8. The van der Waals surface area contributed by atoms with Gasteiger partial charge in [0, 0.05) is 24.1 Å². The molecule has 2 aliphatic rings. The monoisotopic (exact) mass is 295 g/mol. The van der Waals surface area contributed by atoms with Crippen molar-refractivity contribution in [2.24, 2.45) is 5.41 Å². The second kappa shape index (κ2) is 5.91. The number of hydrogen-bond donors (Lipinski definition) is 1. The van der Waals surface area contributed by atoms with Gasteiger partial charge in [-0.25, -0.2) is 8.78 Å². The van der Waals surface area contributed by atoms with Crippen LogP contribution in [0.5, 0.6) is 0 Å². The van der Waals surface area contributed by atoms with E-state index >= 15 is 0 Å². The van der Waals surface area contributed by atoms with Crippen molar-refractivity contribution in [3.63, 3.8) is 0 Å². The summed E-state index contributed by atoms with van der Waals surface area (Å²) in [5.74, 6) is -1.05. The van der Waals surface area contributed by atoms with Gasteiger partial charge >= 0.3 is 0 Å². The summed E-state index contributed by atoms with van der Waals surface area (Å²) < 4.78 is 32.7. The highest BCUT2D eigenvalue weighted by molar-refractivity contribution is 5.47. The molecule has 4 heteroatoms. The Bertz CT molecular complexity index is 500. The van der Waals surface area contributed by atoms with Gasteiger partial charge in [-0.15, -0.1) is 0 Å². The fourth-order valence-electron chi connectivity index (χ4n) is 4.06. The number of benzene rings is 1. The van der Waals surface area contributed by atoms with E-state index in [-0.39, 0.29) is 17.6 Å². The fourth-order valence-corrected chi connectivity index (χ4v) is 4.06. The third kappa shape index (κ3) is 2.66. The number of nitrogens with one attached hydrogen (secondary N) is 1. The van der Waals surface area contributed by atoms with Crippen molar-refractivity contribution in [3.05, 3.63) is 29.8 Å². The quantitative estimate of drug-likeness (QED) is 0.882. The van der Waals surface area contributed by atoms with E-state index in [1.807, 2.05) is 6.92 Å². The predicted molar refractivity (Wildman–Crippen MR) is 79.3 cm³/mol. The van der Waals surface area contributed by atoms with Gasteiger partial charge in [0.15, 0.2) is 0 Å². The molecule has 0 aliphatic heterocycles. The van der Waals surface area contributed by atoms with Gasteiger partial charge in [0.05, 0.1) is 11.8 Å². The molecule has 2 atom stereocenters. The molecule has 1 aromatic rings. The summed E-state index contributed by atoms with van der Waals surface area (Å²) in [5.41, 5.74) is 0.538. The van der Waals surface area contributed by atoms with Crippen molar-refractivity contribution in [2.45, 2.75) is 57.6 Å². The summed E-state index contributed by atoms with van der Waals surface area (Å²) in [5, 5.41) is 3.30. The number of ether oxygens (including phenoxy) is 1. The largest absolute Gasteiger partial charge is 0.379 e. The third-order valence-corrected chi connectivity index (χ3v) is 5.20.